The van der Waals surface area contributed by atoms with Crippen LogP contribution < -0.4 is 10.5 Å². The van der Waals surface area contributed by atoms with Gasteiger partial charge in [0.25, 0.3) is 0 Å². The van der Waals surface area contributed by atoms with E-state index >= 15 is 0 Å². The lowest BCUT2D eigenvalue weighted by Crippen LogP contribution is -1.94. The summed E-state index contributed by atoms with van der Waals surface area (Å²) in [5.74, 6) is 1.50. The number of aryl methyl sites for hydroxylation is 1. The lowest BCUT2D eigenvalue weighted by Gasteiger charge is -2.05. The summed E-state index contributed by atoms with van der Waals surface area (Å²) in [5.41, 5.74) is 6.83. The summed E-state index contributed by atoms with van der Waals surface area (Å²) in [4.78, 5) is 7.94. The summed E-state index contributed by atoms with van der Waals surface area (Å²) >= 11 is 0. The van der Waals surface area contributed by atoms with E-state index < -0.39 is 0 Å². The normalized spacial score (nSPS) is 10.2. The number of hydrogen-bond donors (Lipinski definition) is 1. The minimum Gasteiger partial charge on any atom is -0.437 e. The van der Waals surface area contributed by atoms with Crippen LogP contribution in [-0.2, 0) is 6.42 Å². The van der Waals surface area contributed by atoms with E-state index in [1.165, 1.54) is 18.0 Å². The van der Waals surface area contributed by atoms with E-state index in [0.29, 0.717) is 11.7 Å². The van der Waals surface area contributed by atoms with Gasteiger partial charge in [0.1, 0.15) is 11.6 Å². The smallest absolute Gasteiger partial charge is 0.239 e. The van der Waals surface area contributed by atoms with Gasteiger partial charge in [-0.3, -0.25) is 4.98 Å². The predicted octanol–water partition coefficient (Wildman–Crippen LogP) is 2.80. The fourth-order valence-electron chi connectivity index (χ4n) is 1.55. The summed E-state index contributed by atoms with van der Waals surface area (Å²) in [7, 11) is 0. The van der Waals surface area contributed by atoms with Crippen molar-refractivity contribution in [1.29, 1.82) is 0 Å². The molecule has 4 nitrogen and oxygen atoms in total. The number of anilines is 1. The Hall–Kier alpha value is -2.10. The standard InChI is InChI=1S/C13H15N3O/c1-2-3-10-4-6-11(7-5-10)17-13-9-15-8-12(14)16-13/h4-9H,2-3H2,1H3,(H2,14,16). The topological polar surface area (TPSA) is 61.0 Å². The Bertz CT molecular complexity index is 482. The molecule has 0 fully saturated rings. The fourth-order valence-corrected chi connectivity index (χ4v) is 1.55. The van der Waals surface area contributed by atoms with E-state index in [4.69, 9.17) is 10.5 Å². The number of benzene rings is 1. The van der Waals surface area contributed by atoms with Gasteiger partial charge in [-0.05, 0) is 24.1 Å². The number of nitrogens with zero attached hydrogens (tertiary/aromatic N) is 2. The molecule has 0 aliphatic heterocycles. The molecule has 2 aromatic rings. The number of rotatable bonds is 4. The molecule has 0 atom stereocenters. The Kier molecular flexibility index (Phi) is 3.55. The van der Waals surface area contributed by atoms with Crippen molar-refractivity contribution in [2.24, 2.45) is 0 Å². The Morgan fingerprint density at radius 3 is 2.59 bits per heavy atom. The van der Waals surface area contributed by atoms with Crippen LogP contribution >= 0.6 is 0 Å². The fraction of sp³-hybridized carbons (Fsp3) is 0.231. The number of nitrogens with two attached hydrogens (primary N) is 1. The molecular weight excluding hydrogens is 214 g/mol. The SMILES string of the molecule is CCCc1ccc(Oc2cncc(N)n2)cc1. The minimum absolute atomic E-state index is 0.352. The van der Waals surface area contributed by atoms with Crippen molar-refractivity contribution in [3.63, 3.8) is 0 Å². The summed E-state index contributed by atoms with van der Waals surface area (Å²) in [6, 6.07) is 7.96. The summed E-state index contributed by atoms with van der Waals surface area (Å²) in [5, 5.41) is 0. The van der Waals surface area contributed by atoms with Crippen molar-refractivity contribution in [2.45, 2.75) is 19.8 Å². The van der Waals surface area contributed by atoms with Gasteiger partial charge in [-0.2, -0.15) is 4.98 Å². The van der Waals surface area contributed by atoms with Crippen molar-refractivity contribution in [2.75, 3.05) is 5.73 Å². The van der Waals surface area contributed by atoms with Crippen LogP contribution in [0.15, 0.2) is 36.7 Å². The molecule has 0 aliphatic carbocycles. The number of aromatic nitrogens is 2. The molecular formula is C13H15N3O. The first kappa shape index (κ1) is 11.4. The Balaban J connectivity index is 2.08. The van der Waals surface area contributed by atoms with Crippen molar-refractivity contribution in [3.8, 4) is 11.6 Å². The zero-order valence-corrected chi connectivity index (χ0v) is 9.76. The Morgan fingerprint density at radius 2 is 1.94 bits per heavy atom. The molecule has 0 unspecified atom stereocenters. The van der Waals surface area contributed by atoms with E-state index in [9.17, 15) is 0 Å². The average Bonchev–Trinajstić information content (AvgIpc) is 2.32. The molecule has 1 aromatic heterocycles. The Morgan fingerprint density at radius 1 is 1.18 bits per heavy atom. The molecule has 0 saturated heterocycles. The van der Waals surface area contributed by atoms with Crippen LogP contribution in [0.25, 0.3) is 0 Å². The highest BCUT2D eigenvalue weighted by Crippen LogP contribution is 2.20. The second-order valence-electron chi connectivity index (χ2n) is 3.78. The van der Waals surface area contributed by atoms with Crippen molar-refractivity contribution in [1.82, 2.24) is 9.97 Å². The quantitative estimate of drug-likeness (QED) is 0.875. The van der Waals surface area contributed by atoms with Gasteiger partial charge in [0.2, 0.25) is 5.88 Å². The van der Waals surface area contributed by atoms with Crippen molar-refractivity contribution < 1.29 is 4.74 Å². The van der Waals surface area contributed by atoms with Gasteiger partial charge >= 0.3 is 0 Å². The first-order chi connectivity index (χ1) is 8.28. The van der Waals surface area contributed by atoms with E-state index in [0.717, 1.165) is 18.6 Å². The number of nitrogen functional groups attached to an aromatic ring is 1. The molecule has 1 heterocycles. The maximum Gasteiger partial charge on any atom is 0.239 e. The predicted molar refractivity (Wildman–Crippen MR) is 67.0 cm³/mol. The molecule has 0 aliphatic rings. The molecule has 4 heteroatoms. The third kappa shape index (κ3) is 3.17. The van der Waals surface area contributed by atoms with Gasteiger partial charge < -0.3 is 10.5 Å². The van der Waals surface area contributed by atoms with Crippen LogP contribution in [0.3, 0.4) is 0 Å². The van der Waals surface area contributed by atoms with Gasteiger partial charge in [0, 0.05) is 0 Å². The van der Waals surface area contributed by atoms with Crippen LogP contribution in [0.2, 0.25) is 0 Å². The van der Waals surface area contributed by atoms with Crippen molar-refractivity contribution >= 4 is 5.82 Å². The summed E-state index contributed by atoms with van der Waals surface area (Å²) in [6.45, 7) is 2.16. The molecule has 2 N–H and O–H groups in total. The van der Waals surface area contributed by atoms with Crippen LogP contribution in [0.4, 0.5) is 5.82 Å². The third-order valence-corrected chi connectivity index (χ3v) is 2.32. The minimum atomic E-state index is 0.352. The first-order valence-corrected chi connectivity index (χ1v) is 5.62. The highest BCUT2D eigenvalue weighted by atomic mass is 16.5. The second kappa shape index (κ2) is 5.30. The highest BCUT2D eigenvalue weighted by molar-refractivity contribution is 5.32. The van der Waals surface area contributed by atoms with E-state index in [-0.39, 0.29) is 0 Å². The van der Waals surface area contributed by atoms with Crippen LogP contribution in [0.5, 0.6) is 11.6 Å². The van der Waals surface area contributed by atoms with Gasteiger partial charge in [-0.15, -0.1) is 0 Å². The molecule has 0 amide bonds. The van der Waals surface area contributed by atoms with Gasteiger partial charge in [-0.25, -0.2) is 0 Å². The first-order valence-electron chi connectivity index (χ1n) is 5.62. The van der Waals surface area contributed by atoms with Crippen LogP contribution in [0.1, 0.15) is 18.9 Å². The zero-order valence-electron chi connectivity index (χ0n) is 9.76. The maximum absolute atomic E-state index is 5.54. The van der Waals surface area contributed by atoms with Crippen LogP contribution in [0, 0.1) is 0 Å². The lowest BCUT2D eigenvalue weighted by molar-refractivity contribution is 0.461. The average molecular weight is 229 g/mol. The van der Waals surface area contributed by atoms with E-state index in [1.807, 2.05) is 12.1 Å². The molecule has 1 aromatic carbocycles. The van der Waals surface area contributed by atoms with Gasteiger partial charge in [0.05, 0.1) is 12.4 Å². The molecule has 0 bridgehead atoms. The number of hydrogen-bond acceptors (Lipinski definition) is 4. The Labute approximate surface area is 100 Å². The highest BCUT2D eigenvalue weighted by Gasteiger charge is 2.00. The molecule has 0 spiro atoms. The van der Waals surface area contributed by atoms with Gasteiger partial charge in [-0.1, -0.05) is 25.5 Å². The van der Waals surface area contributed by atoms with Gasteiger partial charge in [0.15, 0.2) is 0 Å². The largest absolute Gasteiger partial charge is 0.437 e. The molecule has 17 heavy (non-hydrogen) atoms. The monoisotopic (exact) mass is 229 g/mol. The third-order valence-electron chi connectivity index (χ3n) is 2.32. The molecule has 2 rings (SSSR count). The van der Waals surface area contributed by atoms with Crippen molar-refractivity contribution in [3.05, 3.63) is 42.2 Å². The molecule has 88 valence electrons. The zero-order chi connectivity index (χ0) is 12.1. The van der Waals surface area contributed by atoms with E-state index in [1.54, 1.807) is 0 Å². The summed E-state index contributed by atoms with van der Waals surface area (Å²) in [6.07, 6.45) is 5.24. The van der Waals surface area contributed by atoms with Crippen LogP contribution in [-0.4, -0.2) is 9.97 Å². The van der Waals surface area contributed by atoms with E-state index in [2.05, 4.69) is 29.0 Å². The number of ether oxygens (including phenoxy) is 1. The second-order valence-corrected chi connectivity index (χ2v) is 3.78. The summed E-state index contributed by atoms with van der Waals surface area (Å²) < 4.78 is 5.54. The molecule has 0 saturated carbocycles. The maximum atomic E-state index is 5.54. The molecule has 0 radical (unpaired) electrons. The lowest BCUT2D eigenvalue weighted by atomic mass is 10.1.